The third-order valence-electron chi connectivity index (χ3n) is 5.06. The first kappa shape index (κ1) is 22.4. The van der Waals surface area contributed by atoms with Crippen molar-refractivity contribution in [2.75, 3.05) is 4.72 Å². The number of sulfonamides is 1. The van der Waals surface area contributed by atoms with Gasteiger partial charge in [0, 0.05) is 24.0 Å². The Morgan fingerprint density at radius 3 is 2.54 bits per heavy atom. The quantitative estimate of drug-likeness (QED) is 0.352. The van der Waals surface area contributed by atoms with Gasteiger partial charge in [-0.25, -0.2) is 22.2 Å². The lowest BCUT2D eigenvalue weighted by molar-refractivity contribution is 0.431. The van der Waals surface area contributed by atoms with E-state index in [1.807, 2.05) is 0 Å². The van der Waals surface area contributed by atoms with E-state index in [9.17, 15) is 17.2 Å². The van der Waals surface area contributed by atoms with Crippen molar-refractivity contribution < 1.29 is 21.7 Å². The van der Waals surface area contributed by atoms with E-state index in [4.69, 9.17) is 4.52 Å². The van der Waals surface area contributed by atoms with Crippen LogP contribution >= 0.6 is 0 Å². The summed E-state index contributed by atoms with van der Waals surface area (Å²) in [6, 6.07) is 17.7. The van der Waals surface area contributed by atoms with Crippen LogP contribution in [-0.4, -0.2) is 28.1 Å². The molecule has 2 heterocycles. The zero-order valence-electron chi connectivity index (χ0n) is 18.0. The average molecular weight is 493 g/mol. The number of nitrogens with one attached hydrogen (secondary N) is 1. The van der Waals surface area contributed by atoms with Gasteiger partial charge in [-0.05, 0) is 42.0 Å². The fourth-order valence-electron chi connectivity index (χ4n) is 3.39. The minimum atomic E-state index is -4.05. The molecule has 5 aromatic rings. The van der Waals surface area contributed by atoms with Crippen LogP contribution in [0.1, 0.15) is 5.56 Å². The number of imidazole rings is 1. The Labute approximate surface area is 198 Å². The molecule has 0 atom stereocenters. The molecule has 35 heavy (non-hydrogen) atoms. The molecular formula is C24H17F2N5O3S. The molecule has 3 aromatic carbocycles. The summed E-state index contributed by atoms with van der Waals surface area (Å²) in [5.74, 6) is -0.774. The molecule has 0 amide bonds. The van der Waals surface area contributed by atoms with E-state index in [1.54, 1.807) is 53.5 Å². The van der Waals surface area contributed by atoms with Crippen LogP contribution in [0.2, 0.25) is 0 Å². The second-order valence-electron chi connectivity index (χ2n) is 7.60. The number of nitrogens with zero attached hydrogens (tertiary/aromatic N) is 4. The number of hydrogen-bond donors (Lipinski definition) is 1. The van der Waals surface area contributed by atoms with Crippen molar-refractivity contribution >= 4 is 15.7 Å². The second-order valence-corrected chi connectivity index (χ2v) is 9.25. The minimum absolute atomic E-state index is 0.195. The van der Waals surface area contributed by atoms with E-state index in [-0.39, 0.29) is 11.7 Å². The predicted octanol–water partition coefficient (Wildman–Crippen LogP) is 4.73. The summed E-state index contributed by atoms with van der Waals surface area (Å²) in [6.07, 6.45) is 3.31. The van der Waals surface area contributed by atoms with E-state index < -0.39 is 26.6 Å². The van der Waals surface area contributed by atoms with Crippen LogP contribution in [0.5, 0.6) is 0 Å². The van der Waals surface area contributed by atoms with Gasteiger partial charge < -0.3 is 9.09 Å². The van der Waals surface area contributed by atoms with Gasteiger partial charge in [-0.2, -0.15) is 4.98 Å². The van der Waals surface area contributed by atoms with Gasteiger partial charge in [-0.15, -0.1) is 0 Å². The first-order chi connectivity index (χ1) is 16.9. The molecule has 2 aromatic heterocycles. The molecule has 0 bridgehead atoms. The van der Waals surface area contributed by atoms with Crippen LogP contribution in [0.3, 0.4) is 0 Å². The van der Waals surface area contributed by atoms with Gasteiger partial charge in [0.2, 0.25) is 5.82 Å². The summed E-state index contributed by atoms with van der Waals surface area (Å²) in [5, 5.41) is 3.88. The summed E-state index contributed by atoms with van der Waals surface area (Å²) >= 11 is 0. The topological polar surface area (TPSA) is 103 Å². The highest BCUT2D eigenvalue weighted by Gasteiger charge is 2.18. The Balaban J connectivity index is 1.27. The standard InChI is InChI=1S/C24H17F2N5O3S/c25-18-5-3-4-17(12-18)23-28-24(34-29-23)21-14-31(15-27-21)13-16-8-10-19(11-9-16)30-35(32,33)22-7-2-1-6-20(22)26/h1-12,14-15,30H,13H2. The highest BCUT2D eigenvalue weighted by Crippen LogP contribution is 2.23. The lowest BCUT2D eigenvalue weighted by Gasteiger charge is -2.10. The van der Waals surface area contributed by atoms with E-state index >= 15 is 0 Å². The van der Waals surface area contributed by atoms with Crippen LogP contribution in [0.25, 0.3) is 23.0 Å². The number of halogens is 2. The molecule has 11 heteroatoms. The van der Waals surface area contributed by atoms with Gasteiger partial charge in [0.25, 0.3) is 15.9 Å². The summed E-state index contributed by atoms with van der Waals surface area (Å²) in [7, 11) is -4.05. The van der Waals surface area contributed by atoms with E-state index in [2.05, 4.69) is 19.8 Å². The molecule has 0 aliphatic heterocycles. The van der Waals surface area contributed by atoms with E-state index in [0.717, 1.165) is 11.6 Å². The predicted molar refractivity (Wildman–Crippen MR) is 124 cm³/mol. The summed E-state index contributed by atoms with van der Waals surface area (Å²) in [5.41, 5.74) is 2.12. The third kappa shape index (κ3) is 4.94. The van der Waals surface area contributed by atoms with Crippen molar-refractivity contribution in [1.29, 1.82) is 0 Å². The normalized spacial score (nSPS) is 11.5. The molecule has 0 saturated heterocycles. The molecule has 0 radical (unpaired) electrons. The van der Waals surface area contributed by atoms with E-state index in [1.165, 1.54) is 30.3 Å². The maximum atomic E-state index is 13.9. The lowest BCUT2D eigenvalue weighted by Crippen LogP contribution is -2.14. The average Bonchev–Trinajstić information content (AvgIpc) is 3.50. The molecule has 0 saturated carbocycles. The molecule has 176 valence electrons. The third-order valence-corrected chi connectivity index (χ3v) is 6.47. The van der Waals surface area contributed by atoms with Crippen LogP contribution in [0, 0.1) is 11.6 Å². The molecular weight excluding hydrogens is 476 g/mol. The van der Waals surface area contributed by atoms with Gasteiger partial charge in [0.15, 0.2) is 0 Å². The van der Waals surface area contributed by atoms with Gasteiger partial charge in [0.05, 0.1) is 6.33 Å². The van der Waals surface area contributed by atoms with Crippen molar-refractivity contribution in [3.05, 3.63) is 103 Å². The van der Waals surface area contributed by atoms with Crippen molar-refractivity contribution in [3.63, 3.8) is 0 Å². The Hall–Kier alpha value is -4.38. The van der Waals surface area contributed by atoms with E-state index in [0.29, 0.717) is 23.5 Å². The number of rotatable bonds is 7. The van der Waals surface area contributed by atoms with Crippen molar-refractivity contribution in [2.24, 2.45) is 0 Å². The summed E-state index contributed by atoms with van der Waals surface area (Å²) in [4.78, 5) is 8.14. The van der Waals surface area contributed by atoms with Crippen LogP contribution < -0.4 is 4.72 Å². The number of hydrogen-bond acceptors (Lipinski definition) is 6. The Morgan fingerprint density at radius 1 is 0.971 bits per heavy atom. The zero-order chi connectivity index (χ0) is 24.4. The largest absolute Gasteiger partial charge is 0.332 e. The monoisotopic (exact) mass is 493 g/mol. The van der Waals surface area contributed by atoms with Crippen LogP contribution in [0.15, 0.2) is 94.7 Å². The molecule has 0 spiro atoms. The first-order valence-electron chi connectivity index (χ1n) is 10.4. The van der Waals surface area contributed by atoms with Gasteiger partial charge in [-0.3, -0.25) is 4.72 Å². The highest BCUT2D eigenvalue weighted by atomic mass is 32.2. The highest BCUT2D eigenvalue weighted by molar-refractivity contribution is 7.92. The zero-order valence-corrected chi connectivity index (χ0v) is 18.8. The minimum Gasteiger partial charge on any atom is -0.332 e. The van der Waals surface area contributed by atoms with Crippen LogP contribution in [-0.2, 0) is 16.6 Å². The number of aromatic nitrogens is 4. The SMILES string of the molecule is O=S(=O)(Nc1ccc(Cn2cnc(-c3nc(-c4cccc(F)c4)no3)c2)cc1)c1ccccc1F. The fraction of sp³-hybridized carbons (Fsp3) is 0.0417. The Kier molecular flexibility index (Phi) is 5.83. The van der Waals surface area contributed by atoms with Crippen LogP contribution in [0.4, 0.5) is 14.5 Å². The molecule has 1 N–H and O–H groups in total. The molecule has 0 aliphatic rings. The Morgan fingerprint density at radius 2 is 1.77 bits per heavy atom. The molecule has 0 fully saturated rings. The summed E-state index contributed by atoms with van der Waals surface area (Å²) < 4.78 is 61.6. The Bertz CT molecular complexity index is 1600. The summed E-state index contributed by atoms with van der Waals surface area (Å²) in [6.45, 7) is 0.443. The van der Waals surface area contributed by atoms with Crippen molar-refractivity contribution in [2.45, 2.75) is 11.4 Å². The number of benzene rings is 3. The van der Waals surface area contributed by atoms with Crippen molar-refractivity contribution in [3.8, 4) is 23.0 Å². The maximum absolute atomic E-state index is 13.9. The second kappa shape index (κ2) is 9.11. The smallest absolute Gasteiger partial charge is 0.278 e. The van der Waals surface area contributed by atoms with Gasteiger partial charge >= 0.3 is 0 Å². The van der Waals surface area contributed by atoms with Crippen molar-refractivity contribution in [1.82, 2.24) is 19.7 Å². The first-order valence-corrected chi connectivity index (χ1v) is 11.8. The molecule has 8 nitrogen and oxygen atoms in total. The molecule has 0 aliphatic carbocycles. The van der Waals surface area contributed by atoms with Gasteiger partial charge in [0.1, 0.15) is 22.2 Å². The fourth-order valence-corrected chi connectivity index (χ4v) is 4.53. The maximum Gasteiger partial charge on any atom is 0.278 e. The molecule has 0 unspecified atom stereocenters. The van der Waals surface area contributed by atoms with Gasteiger partial charge in [-0.1, -0.05) is 41.6 Å². The molecule has 5 rings (SSSR count). The number of anilines is 1. The lowest BCUT2D eigenvalue weighted by atomic mass is 10.2.